The lowest BCUT2D eigenvalue weighted by atomic mass is 10.2. The van der Waals surface area contributed by atoms with E-state index >= 15 is 0 Å². The molecule has 3 aromatic rings. The maximum Gasteiger partial charge on any atom is 0.270 e. The number of aromatic amines is 1. The number of rotatable bonds is 4. The van der Waals surface area contributed by atoms with Crippen LogP contribution < -0.4 is 4.74 Å². The standard InChI is InChI=1S/C18H17FN2O2/c1-21(11-12-3-6-14(19)7-4-12)18(22)17-9-13-5-8-15(23-2)10-16(13)20-17/h3-10,20H,11H2,1-2H3. The van der Waals surface area contributed by atoms with Crippen LogP contribution in [0.25, 0.3) is 10.9 Å². The number of hydrogen-bond acceptors (Lipinski definition) is 2. The molecule has 5 heteroatoms. The number of amides is 1. The summed E-state index contributed by atoms with van der Waals surface area (Å²) in [6, 6.07) is 13.6. The average Bonchev–Trinajstić information content (AvgIpc) is 2.99. The van der Waals surface area contributed by atoms with Crippen molar-refractivity contribution in [2.45, 2.75) is 6.54 Å². The summed E-state index contributed by atoms with van der Waals surface area (Å²) in [4.78, 5) is 17.2. The van der Waals surface area contributed by atoms with E-state index in [1.54, 1.807) is 31.2 Å². The maximum atomic E-state index is 12.9. The molecule has 0 radical (unpaired) electrons. The van der Waals surface area contributed by atoms with Gasteiger partial charge in [0.2, 0.25) is 0 Å². The van der Waals surface area contributed by atoms with E-state index in [9.17, 15) is 9.18 Å². The molecule has 0 aliphatic heterocycles. The van der Waals surface area contributed by atoms with E-state index in [-0.39, 0.29) is 11.7 Å². The molecule has 0 atom stereocenters. The molecule has 1 amide bonds. The van der Waals surface area contributed by atoms with E-state index in [0.717, 1.165) is 22.2 Å². The second-order valence-corrected chi connectivity index (χ2v) is 5.42. The van der Waals surface area contributed by atoms with Crippen LogP contribution in [0.1, 0.15) is 16.1 Å². The Bertz CT molecular complexity index is 840. The second-order valence-electron chi connectivity index (χ2n) is 5.42. The molecule has 3 rings (SSSR count). The van der Waals surface area contributed by atoms with Crippen LogP contribution in [0.5, 0.6) is 5.75 Å². The van der Waals surface area contributed by atoms with Crippen molar-refractivity contribution in [3.63, 3.8) is 0 Å². The predicted molar refractivity (Wildman–Crippen MR) is 87.0 cm³/mol. The minimum atomic E-state index is -0.285. The number of carbonyl (C=O) groups excluding carboxylic acids is 1. The highest BCUT2D eigenvalue weighted by atomic mass is 19.1. The molecule has 4 nitrogen and oxygen atoms in total. The normalized spacial score (nSPS) is 10.7. The summed E-state index contributed by atoms with van der Waals surface area (Å²) in [7, 11) is 3.32. The zero-order valence-corrected chi connectivity index (χ0v) is 13.0. The molecule has 1 heterocycles. The van der Waals surface area contributed by atoms with Gasteiger partial charge >= 0.3 is 0 Å². The maximum absolute atomic E-state index is 12.9. The third kappa shape index (κ3) is 3.18. The Morgan fingerprint density at radius 2 is 1.91 bits per heavy atom. The van der Waals surface area contributed by atoms with Crippen LogP contribution in [0.2, 0.25) is 0 Å². The summed E-state index contributed by atoms with van der Waals surface area (Å²) in [6.45, 7) is 0.414. The number of benzene rings is 2. The molecule has 0 spiro atoms. The molecule has 1 N–H and O–H groups in total. The third-order valence-corrected chi connectivity index (χ3v) is 3.74. The van der Waals surface area contributed by atoms with E-state index in [0.29, 0.717) is 12.2 Å². The number of ether oxygens (including phenoxy) is 1. The van der Waals surface area contributed by atoms with Crippen molar-refractivity contribution in [3.8, 4) is 5.75 Å². The first-order valence-electron chi connectivity index (χ1n) is 7.23. The van der Waals surface area contributed by atoms with E-state index in [1.807, 2.05) is 24.3 Å². The summed E-state index contributed by atoms with van der Waals surface area (Å²) < 4.78 is 18.1. The Labute approximate surface area is 133 Å². The molecule has 0 aliphatic rings. The number of halogens is 1. The average molecular weight is 312 g/mol. The largest absolute Gasteiger partial charge is 0.497 e. The summed E-state index contributed by atoms with van der Waals surface area (Å²) >= 11 is 0. The van der Waals surface area contributed by atoms with Gasteiger partial charge in [0, 0.05) is 30.6 Å². The summed E-state index contributed by atoms with van der Waals surface area (Å²) in [6.07, 6.45) is 0. The summed E-state index contributed by atoms with van der Waals surface area (Å²) in [5.41, 5.74) is 2.24. The predicted octanol–water partition coefficient (Wildman–Crippen LogP) is 3.59. The van der Waals surface area contributed by atoms with E-state index in [1.165, 1.54) is 12.1 Å². The van der Waals surface area contributed by atoms with Gasteiger partial charge in [-0.05, 0) is 35.9 Å². The number of carbonyl (C=O) groups is 1. The lowest BCUT2D eigenvalue weighted by Gasteiger charge is -2.16. The molecule has 0 aliphatic carbocycles. The Kier molecular flexibility index (Phi) is 4.02. The van der Waals surface area contributed by atoms with Gasteiger partial charge in [-0.25, -0.2) is 4.39 Å². The minimum Gasteiger partial charge on any atom is -0.497 e. The molecule has 0 saturated heterocycles. The van der Waals surface area contributed by atoms with Crippen molar-refractivity contribution in [2.75, 3.05) is 14.2 Å². The summed E-state index contributed by atoms with van der Waals surface area (Å²) in [5.74, 6) is 0.329. The minimum absolute atomic E-state index is 0.121. The van der Waals surface area contributed by atoms with Crippen LogP contribution in [0.3, 0.4) is 0 Å². The fraction of sp³-hybridized carbons (Fsp3) is 0.167. The molecule has 0 bridgehead atoms. The van der Waals surface area contributed by atoms with Gasteiger partial charge in [-0.15, -0.1) is 0 Å². The monoisotopic (exact) mass is 312 g/mol. The Balaban J connectivity index is 1.80. The number of nitrogens with one attached hydrogen (secondary N) is 1. The van der Waals surface area contributed by atoms with Crippen molar-refractivity contribution in [1.82, 2.24) is 9.88 Å². The highest BCUT2D eigenvalue weighted by molar-refractivity contribution is 5.98. The van der Waals surface area contributed by atoms with Gasteiger partial charge in [0.15, 0.2) is 0 Å². The van der Waals surface area contributed by atoms with Crippen LogP contribution in [0.4, 0.5) is 4.39 Å². The van der Waals surface area contributed by atoms with Crippen LogP contribution in [-0.4, -0.2) is 29.9 Å². The van der Waals surface area contributed by atoms with Crippen molar-refractivity contribution < 1.29 is 13.9 Å². The fourth-order valence-corrected chi connectivity index (χ4v) is 2.49. The van der Waals surface area contributed by atoms with Crippen molar-refractivity contribution in [1.29, 1.82) is 0 Å². The number of methoxy groups -OCH3 is 1. The zero-order valence-electron chi connectivity index (χ0n) is 13.0. The number of H-pyrrole nitrogens is 1. The molecule has 0 saturated carbocycles. The van der Waals surface area contributed by atoms with Gasteiger partial charge < -0.3 is 14.6 Å². The summed E-state index contributed by atoms with van der Waals surface area (Å²) in [5, 5.41) is 0.948. The molecule has 1 aromatic heterocycles. The number of nitrogens with zero attached hydrogens (tertiary/aromatic N) is 1. The molecule has 0 unspecified atom stereocenters. The van der Waals surface area contributed by atoms with E-state index in [2.05, 4.69) is 4.98 Å². The first-order chi connectivity index (χ1) is 11.1. The molecule has 23 heavy (non-hydrogen) atoms. The van der Waals surface area contributed by atoms with Crippen LogP contribution in [-0.2, 0) is 6.54 Å². The van der Waals surface area contributed by atoms with E-state index < -0.39 is 0 Å². The van der Waals surface area contributed by atoms with Crippen molar-refractivity contribution in [2.24, 2.45) is 0 Å². The fourth-order valence-electron chi connectivity index (χ4n) is 2.49. The Morgan fingerprint density at radius 3 is 2.61 bits per heavy atom. The third-order valence-electron chi connectivity index (χ3n) is 3.74. The lowest BCUT2D eigenvalue weighted by molar-refractivity contribution is 0.0780. The highest BCUT2D eigenvalue weighted by Crippen LogP contribution is 2.22. The van der Waals surface area contributed by atoms with Gasteiger partial charge in [0.25, 0.3) is 5.91 Å². The quantitative estimate of drug-likeness (QED) is 0.800. The molecule has 0 fully saturated rings. The zero-order chi connectivity index (χ0) is 16.4. The lowest BCUT2D eigenvalue weighted by Crippen LogP contribution is -2.26. The Morgan fingerprint density at radius 1 is 1.17 bits per heavy atom. The van der Waals surface area contributed by atoms with Crippen molar-refractivity contribution in [3.05, 3.63) is 65.6 Å². The molecular weight excluding hydrogens is 295 g/mol. The number of hydrogen-bond donors (Lipinski definition) is 1. The van der Waals surface area contributed by atoms with Crippen LogP contribution >= 0.6 is 0 Å². The smallest absolute Gasteiger partial charge is 0.270 e. The van der Waals surface area contributed by atoms with E-state index in [4.69, 9.17) is 4.74 Å². The van der Waals surface area contributed by atoms with Gasteiger partial charge in [0.05, 0.1) is 7.11 Å². The van der Waals surface area contributed by atoms with Gasteiger partial charge in [0.1, 0.15) is 17.3 Å². The van der Waals surface area contributed by atoms with Gasteiger partial charge in [-0.1, -0.05) is 12.1 Å². The van der Waals surface area contributed by atoms with Crippen LogP contribution in [0, 0.1) is 5.82 Å². The number of fused-ring (bicyclic) bond motifs is 1. The SMILES string of the molecule is COc1ccc2cc(C(=O)N(C)Cc3ccc(F)cc3)[nH]c2c1. The second kappa shape index (κ2) is 6.12. The van der Waals surface area contributed by atoms with Crippen molar-refractivity contribution >= 4 is 16.8 Å². The number of aromatic nitrogens is 1. The first-order valence-corrected chi connectivity index (χ1v) is 7.23. The highest BCUT2D eigenvalue weighted by Gasteiger charge is 2.15. The first kappa shape index (κ1) is 15.1. The molecule has 118 valence electrons. The van der Waals surface area contributed by atoms with Gasteiger partial charge in [-0.3, -0.25) is 4.79 Å². The molecular formula is C18H17FN2O2. The van der Waals surface area contributed by atoms with Gasteiger partial charge in [-0.2, -0.15) is 0 Å². The Hall–Kier alpha value is -2.82. The molecule has 2 aromatic carbocycles. The topological polar surface area (TPSA) is 45.3 Å². The van der Waals surface area contributed by atoms with Crippen LogP contribution in [0.15, 0.2) is 48.5 Å².